The monoisotopic (exact) mass is 259 g/mol. The van der Waals surface area contributed by atoms with Gasteiger partial charge in [0.25, 0.3) is 0 Å². The molecule has 0 radical (unpaired) electrons. The van der Waals surface area contributed by atoms with Gasteiger partial charge in [-0.1, -0.05) is 62.9 Å². The number of aryl methyl sites for hydroxylation is 1. The summed E-state index contributed by atoms with van der Waals surface area (Å²) in [6.07, 6.45) is 11.6. The largest absolute Gasteiger partial charge is 0.325 e. The van der Waals surface area contributed by atoms with Crippen LogP contribution in [0.5, 0.6) is 0 Å². The van der Waals surface area contributed by atoms with Crippen LogP contribution < -0.4 is 5.73 Å². The zero-order valence-electron chi connectivity index (χ0n) is 12.4. The second kappa shape index (κ2) is 7.09. The van der Waals surface area contributed by atoms with Gasteiger partial charge >= 0.3 is 0 Å². The second-order valence-electron chi connectivity index (χ2n) is 6.61. The van der Waals surface area contributed by atoms with Crippen molar-refractivity contribution in [1.82, 2.24) is 0 Å². The van der Waals surface area contributed by atoms with E-state index in [4.69, 9.17) is 5.73 Å². The van der Waals surface area contributed by atoms with Crippen LogP contribution >= 0.6 is 0 Å². The van der Waals surface area contributed by atoms with Crippen molar-refractivity contribution >= 4 is 0 Å². The molecule has 0 saturated heterocycles. The minimum absolute atomic E-state index is 0.157. The minimum atomic E-state index is 0.157. The van der Waals surface area contributed by atoms with Crippen molar-refractivity contribution in [3.63, 3.8) is 0 Å². The highest BCUT2D eigenvalue weighted by molar-refractivity contribution is 5.14. The summed E-state index contributed by atoms with van der Waals surface area (Å²) in [4.78, 5) is 0. The van der Waals surface area contributed by atoms with Gasteiger partial charge in [-0.2, -0.15) is 0 Å². The molecule has 2 atom stereocenters. The Balaban J connectivity index is 1.61. The number of hydrogen-bond donors (Lipinski definition) is 1. The lowest BCUT2D eigenvalue weighted by atomic mass is 9.74. The van der Waals surface area contributed by atoms with Gasteiger partial charge in [-0.05, 0) is 43.6 Å². The van der Waals surface area contributed by atoms with E-state index < -0.39 is 0 Å². The molecule has 2 unspecified atom stereocenters. The summed E-state index contributed by atoms with van der Waals surface area (Å²) in [6.45, 7) is 2.36. The number of hydrogen-bond acceptors (Lipinski definition) is 1. The summed E-state index contributed by atoms with van der Waals surface area (Å²) in [7, 11) is 0. The Bertz CT molecular complexity index is 359. The fourth-order valence-corrected chi connectivity index (χ4v) is 3.56. The second-order valence-corrected chi connectivity index (χ2v) is 6.61. The average Bonchev–Trinajstić information content (AvgIpc) is 2.39. The quantitative estimate of drug-likeness (QED) is 0.736. The Morgan fingerprint density at radius 3 is 2.68 bits per heavy atom. The summed E-state index contributed by atoms with van der Waals surface area (Å²) in [5.41, 5.74) is 8.17. The summed E-state index contributed by atoms with van der Waals surface area (Å²) in [6, 6.07) is 10.8. The Labute approximate surface area is 118 Å². The first kappa shape index (κ1) is 14.6. The molecule has 1 aliphatic rings. The van der Waals surface area contributed by atoms with E-state index in [1.54, 1.807) is 0 Å². The van der Waals surface area contributed by atoms with E-state index in [-0.39, 0.29) is 5.54 Å². The van der Waals surface area contributed by atoms with Crippen molar-refractivity contribution in [1.29, 1.82) is 0 Å². The molecular formula is C18H29N. The first-order valence-corrected chi connectivity index (χ1v) is 8.01. The van der Waals surface area contributed by atoms with Crippen LogP contribution in [0.2, 0.25) is 0 Å². The van der Waals surface area contributed by atoms with Gasteiger partial charge in [0.1, 0.15) is 0 Å². The van der Waals surface area contributed by atoms with Gasteiger partial charge in [-0.25, -0.2) is 0 Å². The fourth-order valence-electron chi connectivity index (χ4n) is 3.56. The van der Waals surface area contributed by atoms with E-state index in [0.717, 1.165) is 5.92 Å². The van der Waals surface area contributed by atoms with E-state index >= 15 is 0 Å². The maximum Gasteiger partial charge on any atom is 0.0156 e. The Morgan fingerprint density at radius 2 is 1.95 bits per heavy atom. The van der Waals surface area contributed by atoms with Gasteiger partial charge in [0.2, 0.25) is 0 Å². The topological polar surface area (TPSA) is 26.0 Å². The van der Waals surface area contributed by atoms with Gasteiger partial charge in [-0.3, -0.25) is 0 Å². The maximum absolute atomic E-state index is 6.54. The van der Waals surface area contributed by atoms with Crippen LogP contribution in [-0.4, -0.2) is 5.54 Å². The molecule has 19 heavy (non-hydrogen) atoms. The normalized spacial score (nSPS) is 27.4. The van der Waals surface area contributed by atoms with E-state index in [1.165, 1.54) is 63.4 Å². The molecule has 1 heteroatoms. The Hall–Kier alpha value is -0.820. The Kier molecular flexibility index (Phi) is 5.45. The van der Waals surface area contributed by atoms with Crippen molar-refractivity contribution in [3.05, 3.63) is 35.9 Å². The summed E-state index contributed by atoms with van der Waals surface area (Å²) < 4.78 is 0. The number of unbranched alkanes of at least 4 members (excludes halogenated alkanes) is 2. The van der Waals surface area contributed by atoms with E-state index in [0.29, 0.717) is 0 Å². The molecule has 0 bridgehead atoms. The summed E-state index contributed by atoms with van der Waals surface area (Å²) in [5.74, 6) is 0.836. The van der Waals surface area contributed by atoms with Gasteiger partial charge in [0.15, 0.2) is 0 Å². The molecule has 2 N–H and O–H groups in total. The van der Waals surface area contributed by atoms with E-state index in [1.807, 2.05) is 0 Å². The lowest BCUT2D eigenvalue weighted by molar-refractivity contribution is 0.218. The van der Waals surface area contributed by atoms with Gasteiger partial charge in [-0.15, -0.1) is 0 Å². The number of nitrogens with two attached hydrogens (primary N) is 1. The molecule has 1 aliphatic carbocycles. The lowest BCUT2D eigenvalue weighted by Gasteiger charge is -2.37. The molecule has 2 rings (SSSR count). The van der Waals surface area contributed by atoms with Crippen LogP contribution in [0.4, 0.5) is 0 Å². The fraction of sp³-hybridized carbons (Fsp3) is 0.667. The molecule has 1 fully saturated rings. The summed E-state index contributed by atoms with van der Waals surface area (Å²) in [5, 5.41) is 0. The molecular weight excluding hydrogens is 230 g/mol. The highest BCUT2D eigenvalue weighted by Gasteiger charge is 2.29. The molecule has 0 heterocycles. The third-order valence-corrected chi connectivity index (χ3v) is 4.61. The zero-order valence-corrected chi connectivity index (χ0v) is 12.4. The predicted octanol–water partition coefficient (Wildman–Crippen LogP) is 4.70. The molecule has 1 saturated carbocycles. The molecule has 1 aromatic carbocycles. The van der Waals surface area contributed by atoms with Gasteiger partial charge in [0, 0.05) is 5.54 Å². The van der Waals surface area contributed by atoms with Crippen molar-refractivity contribution in [2.75, 3.05) is 0 Å². The van der Waals surface area contributed by atoms with Crippen LogP contribution in [0.25, 0.3) is 0 Å². The average molecular weight is 259 g/mol. The van der Waals surface area contributed by atoms with E-state index in [2.05, 4.69) is 37.3 Å². The standard InChI is InChI=1S/C18H29N/c1-16-9-8-14-18(19,15-16)13-7-3-6-12-17-10-4-2-5-11-17/h2,4-5,10-11,16H,3,6-9,12-15,19H2,1H3. The smallest absolute Gasteiger partial charge is 0.0156 e. The van der Waals surface area contributed by atoms with Gasteiger partial charge < -0.3 is 5.73 Å². The lowest BCUT2D eigenvalue weighted by Crippen LogP contribution is -2.43. The van der Waals surface area contributed by atoms with Crippen molar-refractivity contribution in [3.8, 4) is 0 Å². The first-order valence-electron chi connectivity index (χ1n) is 8.01. The molecule has 106 valence electrons. The third kappa shape index (κ3) is 4.99. The number of benzene rings is 1. The maximum atomic E-state index is 6.54. The molecule has 1 nitrogen and oxygen atoms in total. The molecule has 0 amide bonds. The SMILES string of the molecule is CC1CCCC(N)(CCCCCc2ccccc2)C1. The van der Waals surface area contributed by atoms with Crippen molar-refractivity contribution in [2.45, 2.75) is 70.3 Å². The minimum Gasteiger partial charge on any atom is -0.325 e. The van der Waals surface area contributed by atoms with Crippen LogP contribution in [-0.2, 0) is 6.42 Å². The number of rotatable bonds is 6. The van der Waals surface area contributed by atoms with Crippen LogP contribution in [0.3, 0.4) is 0 Å². The van der Waals surface area contributed by atoms with Gasteiger partial charge in [0.05, 0.1) is 0 Å². The zero-order chi connectivity index (χ0) is 13.6. The molecule has 0 spiro atoms. The van der Waals surface area contributed by atoms with Crippen LogP contribution in [0.15, 0.2) is 30.3 Å². The predicted molar refractivity (Wildman–Crippen MR) is 83.2 cm³/mol. The Morgan fingerprint density at radius 1 is 1.16 bits per heavy atom. The molecule has 1 aromatic rings. The highest BCUT2D eigenvalue weighted by Crippen LogP contribution is 2.33. The molecule has 0 aliphatic heterocycles. The van der Waals surface area contributed by atoms with E-state index in [9.17, 15) is 0 Å². The first-order chi connectivity index (χ1) is 9.18. The summed E-state index contributed by atoms with van der Waals surface area (Å²) >= 11 is 0. The van der Waals surface area contributed by atoms with Crippen molar-refractivity contribution < 1.29 is 0 Å². The molecule has 0 aromatic heterocycles. The highest BCUT2D eigenvalue weighted by atomic mass is 14.7. The van der Waals surface area contributed by atoms with Crippen LogP contribution in [0.1, 0.15) is 63.9 Å². The van der Waals surface area contributed by atoms with Crippen LogP contribution in [0, 0.1) is 5.92 Å². The van der Waals surface area contributed by atoms with Crippen molar-refractivity contribution in [2.24, 2.45) is 11.7 Å². The third-order valence-electron chi connectivity index (χ3n) is 4.61.